The average Bonchev–Trinajstić information content (AvgIpc) is 2.58. The number of aryl methyl sites for hydroxylation is 1. The molecule has 0 radical (unpaired) electrons. The van der Waals surface area contributed by atoms with Crippen LogP contribution >= 0.6 is 15.9 Å². The molecular formula is C12H13BrF3N3. The van der Waals surface area contributed by atoms with Crippen molar-refractivity contribution in [2.75, 3.05) is 5.73 Å². The van der Waals surface area contributed by atoms with Gasteiger partial charge in [-0.2, -0.15) is 13.2 Å². The van der Waals surface area contributed by atoms with Crippen molar-refractivity contribution in [1.29, 1.82) is 0 Å². The van der Waals surface area contributed by atoms with E-state index < -0.39 is 12.6 Å². The van der Waals surface area contributed by atoms with Crippen molar-refractivity contribution in [2.45, 2.75) is 32.0 Å². The second-order valence-electron chi connectivity index (χ2n) is 4.33. The highest BCUT2D eigenvalue weighted by molar-refractivity contribution is 9.10. The first-order valence-electron chi connectivity index (χ1n) is 5.85. The van der Waals surface area contributed by atoms with Crippen LogP contribution in [0.3, 0.4) is 0 Å². The molecule has 2 N–H and O–H groups in total. The molecule has 1 aromatic carbocycles. The molecule has 0 spiro atoms. The van der Waals surface area contributed by atoms with Crippen molar-refractivity contribution in [3.05, 3.63) is 22.7 Å². The number of alkyl halides is 3. The number of hydrogen-bond donors (Lipinski definition) is 1. The summed E-state index contributed by atoms with van der Waals surface area (Å²) >= 11 is 3.34. The molecule has 0 bridgehead atoms. The minimum Gasteiger partial charge on any atom is -0.369 e. The Hall–Kier alpha value is -1.24. The Morgan fingerprint density at radius 1 is 1.26 bits per heavy atom. The molecule has 19 heavy (non-hydrogen) atoms. The van der Waals surface area contributed by atoms with Gasteiger partial charge in [0.15, 0.2) is 0 Å². The van der Waals surface area contributed by atoms with Crippen LogP contribution in [0.2, 0.25) is 0 Å². The number of imidazole rings is 1. The molecule has 0 fully saturated rings. The summed E-state index contributed by atoms with van der Waals surface area (Å²) in [5, 5.41) is 0. The molecule has 2 rings (SSSR count). The fourth-order valence-electron chi connectivity index (χ4n) is 1.95. The Bertz CT molecular complexity index is 577. The molecule has 7 heteroatoms. The van der Waals surface area contributed by atoms with E-state index in [9.17, 15) is 13.2 Å². The first-order valence-corrected chi connectivity index (χ1v) is 6.64. The van der Waals surface area contributed by atoms with Gasteiger partial charge < -0.3 is 10.3 Å². The predicted molar refractivity (Wildman–Crippen MR) is 71.8 cm³/mol. The van der Waals surface area contributed by atoms with Gasteiger partial charge in [-0.15, -0.1) is 0 Å². The number of rotatable bonds is 4. The van der Waals surface area contributed by atoms with Crippen LogP contribution in [0.15, 0.2) is 22.7 Å². The highest BCUT2D eigenvalue weighted by Gasteiger charge is 2.25. The highest BCUT2D eigenvalue weighted by atomic mass is 79.9. The second-order valence-corrected chi connectivity index (χ2v) is 5.24. The summed E-state index contributed by atoms with van der Waals surface area (Å²) in [4.78, 5) is 4.19. The summed E-state index contributed by atoms with van der Waals surface area (Å²) in [5.74, 6) is 0.333. The molecule has 0 unspecified atom stereocenters. The van der Waals surface area contributed by atoms with Crippen molar-refractivity contribution in [2.24, 2.45) is 0 Å². The Balaban J connectivity index is 2.06. The highest BCUT2D eigenvalue weighted by Crippen LogP contribution is 2.25. The molecule has 0 atom stereocenters. The number of nitrogen functional groups attached to an aromatic ring is 1. The standard InChI is InChI=1S/C12H13BrF3N3/c13-8-3-4-10-9(7-8)18-11(17)19(10)6-2-1-5-12(14,15)16/h3-4,7H,1-2,5-6H2,(H2,17,18). The summed E-state index contributed by atoms with van der Waals surface area (Å²) in [5.41, 5.74) is 7.36. The van der Waals surface area contributed by atoms with Gasteiger partial charge >= 0.3 is 6.18 Å². The Morgan fingerprint density at radius 2 is 2.00 bits per heavy atom. The summed E-state index contributed by atoms with van der Waals surface area (Å²) in [7, 11) is 0. The van der Waals surface area contributed by atoms with Gasteiger partial charge in [0, 0.05) is 17.4 Å². The summed E-state index contributed by atoms with van der Waals surface area (Å²) in [6.07, 6.45) is -4.33. The zero-order valence-corrected chi connectivity index (χ0v) is 11.6. The number of aromatic nitrogens is 2. The van der Waals surface area contributed by atoms with E-state index in [0.29, 0.717) is 18.9 Å². The van der Waals surface area contributed by atoms with Crippen LogP contribution < -0.4 is 5.73 Å². The van der Waals surface area contributed by atoms with E-state index >= 15 is 0 Å². The first-order chi connectivity index (χ1) is 8.87. The Labute approximate surface area is 116 Å². The number of nitrogens with zero attached hydrogens (tertiary/aromatic N) is 2. The van der Waals surface area contributed by atoms with Gasteiger partial charge in [0.25, 0.3) is 0 Å². The van der Waals surface area contributed by atoms with Crippen molar-refractivity contribution in [1.82, 2.24) is 9.55 Å². The first kappa shape index (κ1) is 14.2. The van der Waals surface area contributed by atoms with E-state index in [1.165, 1.54) is 0 Å². The van der Waals surface area contributed by atoms with Crippen LogP contribution in [-0.4, -0.2) is 15.7 Å². The minimum absolute atomic E-state index is 0.0964. The van der Waals surface area contributed by atoms with Crippen LogP contribution in [0.4, 0.5) is 19.1 Å². The van der Waals surface area contributed by atoms with Crippen LogP contribution in [-0.2, 0) is 6.54 Å². The van der Waals surface area contributed by atoms with Gasteiger partial charge in [0.05, 0.1) is 11.0 Å². The Morgan fingerprint density at radius 3 is 2.68 bits per heavy atom. The largest absolute Gasteiger partial charge is 0.389 e. The molecule has 0 saturated carbocycles. The van der Waals surface area contributed by atoms with Crippen LogP contribution in [0.5, 0.6) is 0 Å². The third-order valence-electron chi connectivity index (χ3n) is 2.83. The van der Waals surface area contributed by atoms with Crippen LogP contribution in [0.1, 0.15) is 19.3 Å². The number of fused-ring (bicyclic) bond motifs is 1. The van der Waals surface area contributed by atoms with E-state index in [4.69, 9.17) is 5.73 Å². The van der Waals surface area contributed by atoms with Crippen LogP contribution in [0.25, 0.3) is 11.0 Å². The van der Waals surface area contributed by atoms with Gasteiger partial charge in [-0.05, 0) is 31.0 Å². The van der Waals surface area contributed by atoms with E-state index in [0.717, 1.165) is 15.5 Å². The summed E-state index contributed by atoms with van der Waals surface area (Å²) < 4.78 is 38.8. The van der Waals surface area contributed by atoms with Crippen molar-refractivity contribution in [3.63, 3.8) is 0 Å². The quantitative estimate of drug-likeness (QED) is 0.854. The number of benzene rings is 1. The summed E-state index contributed by atoms with van der Waals surface area (Å²) in [6, 6.07) is 5.54. The van der Waals surface area contributed by atoms with Gasteiger partial charge in [-0.3, -0.25) is 0 Å². The molecule has 0 aliphatic carbocycles. The lowest BCUT2D eigenvalue weighted by Crippen LogP contribution is -2.08. The molecule has 1 aromatic heterocycles. The zero-order chi connectivity index (χ0) is 14.0. The smallest absolute Gasteiger partial charge is 0.369 e. The zero-order valence-electron chi connectivity index (χ0n) is 10.0. The monoisotopic (exact) mass is 335 g/mol. The van der Waals surface area contributed by atoms with E-state index in [-0.39, 0.29) is 6.42 Å². The third-order valence-corrected chi connectivity index (χ3v) is 3.33. The summed E-state index contributed by atoms with van der Waals surface area (Å²) in [6.45, 7) is 0.444. The fourth-order valence-corrected chi connectivity index (χ4v) is 2.30. The van der Waals surface area contributed by atoms with Gasteiger partial charge in [-0.1, -0.05) is 15.9 Å². The molecule has 2 aromatic rings. The molecule has 104 valence electrons. The SMILES string of the molecule is Nc1nc2cc(Br)ccc2n1CCCCC(F)(F)F. The number of unbranched alkanes of at least 4 members (excludes halogenated alkanes) is 1. The van der Waals surface area contributed by atoms with Gasteiger partial charge in [0.2, 0.25) is 5.95 Å². The van der Waals surface area contributed by atoms with E-state index in [2.05, 4.69) is 20.9 Å². The van der Waals surface area contributed by atoms with Gasteiger partial charge in [0.1, 0.15) is 0 Å². The molecule has 0 amide bonds. The Kier molecular flexibility index (Phi) is 4.03. The van der Waals surface area contributed by atoms with Crippen molar-refractivity contribution < 1.29 is 13.2 Å². The maximum atomic E-state index is 12.0. The number of anilines is 1. The van der Waals surface area contributed by atoms with E-state index in [1.54, 1.807) is 4.57 Å². The molecule has 0 aliphatic rings. The molecule has 1 heterocycles. The lowest BCUT2D eigenvalue weighted by molar-refractivity contribution is -0.135. The fraction of sp³-hybridized carbons (Fsp3) is 0.417. The normalized spacial score (nSPS) is 12.2. The van der Waals surface area contributed by atoms with Crippen LogP contribution in [0, 0.1) is 0 Å². The third kappa shape index (κ3) is 3.62. The van der Waals surface area contributed by atoms with Gasteiger partial charge in [-0.25, -0.2) is 4.98 Å². The lowest BCUT2D eigenvalue weighted by Gasteiger charge is -2.08. The number of halogens is 4. The molecule has 0 aliphatic heterocycles. The number of nitrogens with two attached hydrogens (primary N) is 1. The maximum absolute atomic E-state index is 12.0. The molecule has 0 saturated heterocycles. The average molecular weight is 336 g/mol. The molecular weight excluding hydrogens is 323 g/mol. The van der Waals surface area contributed by atoms with Crippen molar-refractivity contribution >= 4 is 32.9 Å². The second kappa shape index (κ2) is 5.40. The topological polar surface area (TPSA) is 43.8 Å². The lowest BCUT2D eigenvalue weighted by atomic mass is 10.2. The number of hydrogen-bond acceptors (Lipinski definition) is 2. The van der Waals surface area contributed by atoms with E-state index in [1.807, 2.05) is 18.2 Å². The molecule has 3 nitrogen and oxygen atoms in total. The maximum Gasteiger partial charge on any atom is 0.389 e. The minimum atomic E-state index is -4.09. The predicted octanol–water partition coefficient (Wildman–Crippen LogP) is 4.11. The van der Waals surface area contributed by atoms with Crippen molar-refractivity contribution in [3.8, 4) is 0 Å².